The second-order valence-electron chi connectivity index (χ2n) is 6.04. The average Bonchev–Trinajstić information content (AvgIpc) is 2.70. The zero-order valence-corrected chi connectivity index (χ0v) is 16.5. The molecule has 0 saturated carbocycles. The number of benzene rings is 2. The molecule has 7 heteroatoms. The van der Waals surface area contributed by atoms with Crippen LogP contribution in [0.1, 0.15) is 16.1 Å². The zero-order valence-electron chi connectivity index (χ0n) is 15.7. The van der Waals surface area contributed by atoms with Crippen LogP contribution in [0, 0.1) is 6.92 Å². The fraction of sp³-hybridized carbons (Fsp3) is 0.143. The fourth-order valence-electron chi connectivity index (χ4n) is 2.62. The molecule has 0 atom stereocenters. The standard InChI is InChI=1S/C21H20ClN3O3/c1-13-10-14(22)4-7-17(13)25-21(26)18-8-5-15(12-23-18)24-19-11-16(27-2)6-9-20(19)28-3/h4-12,24H,1-3H3,(H,25,26). The van der Waals surface area contributed by atoms with Crippen molar-refractivity contribution in [1.82, 2.24) is 4.98 Å². The van der Waals surface area contributed by atoms with E-state index in [1.165, 1.54) is 0 Å². The lowest BCUT2D eigenvalue weighted by molar-refractivity contribution is 0.102. The van der Waals surface area contributed by atoms with E-state index >= 15 is 0 Å². The average molecular weight is 398 g/mol. The highest BCUT2D eigenvalue weighted by Gasteiger charge is 2.11. The summed E-state index contributed by atoms with van der Waals surface area (Å²) in [6.45, 7) is 1.88. The number of aromatic nitrogens is 1. The third-order valence-corrected chi connectivity index (χ3v) is 4.35. The van der Waals surface area contributed by atoms with E-state index in [2.05, 4.69) is 15.6 Å². The second-order valence-corrected chi connectivity index (χ2v) is 6.47. The minimum absolute atomic E-state index is 0.295. The van der Waals surface area contributed by atoms with Crippen molar-refractivity contribution < 1.29 is 14.3 Å². The molecule has 0 unspecified atom stereocenters. The number of hydrogen-bond acceptors (Lipinski definition) is 5. The van der Waals surface area contributed by atoms with Crippen LogP contribution in [0.2, 0.25) is 5.02 Å². The molecule has 0 fully saturated rings. The predicted molar refractivity (Wildman–Crippen MR) is 111 cm³/mol. The molecule has 0 aliphatic carbocycles. The monoisotopic (exact) mass is 397 g/mol. The number of rotatable bonds is 6. The Hall–Kier alpha value is -3.25. The van der Waals surface area contributed by atoms with Gasteiger partial charge in [-0.15, -0.1) is 0 Å². The summed E-state index contributed by atoms with van der Waals surface area (Å²) >= 11 is 5.95. The van der Waals surface area contributed by atoms with Gasteiger partial charge in [-0.05, 0) is 55.0 Å². The van der Waals surface area contributed by atoms with Gasteiger partial charge in [0.1, 0.15) is 17.2 Å². The number of ether oxygens (including phenoxy) is 2. The maximum atomic E-state index is 12.4. The number of aryl methyl sites for hydroxylation is 1. The highest BCUT2D eigenvalue weighted by Crippen LogP contribution is 2.31. The number of carbonyl (C=O) groups excluding carboxylic acids is 1. The molecule has 3 aromatic rings. The normalized spacial score (nSPS) is 10.3. The van der Waals surface area contributed by atoms with Crippen LogP contribution in [-0.4, -0.2) is 25.1 Å². The Balaban J connectivity index is 1.74. The minimum atomic E-state index is -0.295. The van der Waals surface area contributed by atoms with Crippen LogP contribution >= 0.6 is 11.6 Å². The van der Waals surface area contributed by atoms with Gasteiger partial charge in [0.25, 0.3) is 5.91 Å². The summed E-state index contributed by atoms with van der Waals surface area (Å²) in [5.74, 6) is 1.07. The van der Waals surface area contributed by atoms with Gasteiger partial charge in [-0.2, -0.15) is 0 Å². The number of anilines is 3. The van der Waals surface area contributed by atoms with Crippen LogP contribution in [0.25, 0.3) is 0 Å². The van der Waals surface area contributed by atoms with Crippen LogP contribution in [0.3, 0.4) is 0 Å². The molecular weight excluding hydrogens is 378 g/mol. The Labute approximate surface area is 168 Å². The summed E-state index contributed by atoms with van der Waals surface area (Å²) in [7, 11) is 3.19. The van der Waals surface area contributed by atoms with Crippen LogP contribution in [-0.2, 0) is 0 Å². The van der Waals surface area contributed by atoms with Gasteiger partial charge >= 0.3 is 0 Å². The molecule has 0 saturated heterocycles. The molecule has 1 amide bonds. The Morgan fingerprint density at radius 1 is 1.00 bits per heavy atom. The lowest BCUT2D eigenvalue weighted by Gasteiger charge is -2.13. The zero-order chi connectivity index (χ0) is 20.1. The molecule has 2 aromatic carbocycles. The number of carbonyl (C=O) groups is 1. The Bertz CT molecular complexity index is 991. The van der Waals surface area contributed by atoms with Crippen LogP contribution in [0.5, 0.6) is 11.5 Å². The van der Waals surface area contributed by atoms with Gasteiger partial charge in [0.05, 0.1) is 31.8 Å². The summed E-state index contributed by atoms with van der Waals surface area (Å²) in [5, 5.41) is 6.68. The maximum absolute atomic E-state index is 12.4. The van der Waals surface area contributed by atoms with E-state index in [9.17, 15) is 4.79 Å². The first-order valence-corrected chi connectivity index (χ1v) is 8.90. The van der Waals surface area contributed by atoms with Gasteiger partial charge in [-0.3, -0.25) is 4.79 Å². The largest absolute Gasteiger partial charge is 0.497 e. The fourth-order valence-corrected chi connectivity index (χ4v) is 2.85. The molecule has 28 heavy (non-hydrogen) atoms. The Morgan fingerprint density at radius 3 is 2.46 bits per heavy atom. The topological polar surface area (TPSA) is 72.5 Å². The molecule has 0 aliphatic rings. The van der Waals surface area contributed by atoms with E-state index in [-0.39, 0.29) is 5.91 Å². The van der Waals surface area contributed by atoms with E-state index in [0.29, 0.717) is 33.6 Å². The Kier molecular flexibility index (Phi) is 6.01. The lowest BCUT2D eigenvalue weighted by Crippen LogP contribution is -2.14. The van der Waals surface area contributed by atoms with E-state index in [1.54, 1.807) is 50.7 Å². The second kappa shape index (κ2) is 8.63. The lowest BCUT2D eigenvalue weighted by atomic mass is 10.2. The van der Waals surface area contributed by atoms with Gasteiger partial charge < -0.3 is 20.1 Å². The highest BCUT2D eigenvalue weighted by molar-refractivity contribution is 6.30. The molecule has 0 spiro atoms. The van der Waals surface area contributed by atoms with E-state index in [0.717, 1.165) is 11.3 Å². The maximum Gasteiger partial charge on any atom is 0.274 e. The quantitative estimate of drug-likeness (QED) is 0.608. The van der Waals surface area contributed by atoms with Crippen molar-refractivity contribution in [2.75, 3.05) is 24.9 Å². The van der Waals surface area contributed by atoms with E-state index in [4.69, 9.17) is 21.1 Å². The van der Waals surface area contributed by atoms with Crippen molar-refractivity contribution in [2.24, 2.45) is 0 Å². The number of nitrogens with zero attached hydrogens (tertiary/aromatic N) is 1. The SMILES string of the molecule is COc1ccc(OC)c(Nc2ccc(C(=O)Nc3ccc(Cl)cc3C)nc2)c1. The molecular formula is C21H20ClN3O3. The van der Waals surface area contributed by atoms with Gasteiger partial charge in [0.15, 0.2) is 0 Å². The molecule has 0 aliphatic heterocycles. The predicted octanol–water partition coefficient (Wildman–Crippen LogP) is 5.06. The molecule has 0 radical (unpaired) electrons. The van der Waals surface area contributed by atoms with Crippen LogP contribution < -0.4 is 20.1 Å². The summed E-state index contributed by atoms with van der Waals surface area (Å²) in [5.41, 5.74) is 3.32. The number of nitrogens with one attached hydrogen (secondary N) is 2. The van der Waals surface area contributed by atoms with Crippen LogP contribution in [0.15, 0.2) is 54.7 Å². The molecule has 144 valence electrons. The summed E-state index contributed by atoms with van der Waals surface area (Å²) in [6, 6.07) is 14.2. The van der Waals surface area contributed by atoms with Crippen molar-refractivity contribution in [1.29, 1.82) is 0 Å². The van der Waals surface area contributed by atoms with Crippen molar-refractivity contribution >= 4 is 34.6 Å². The first kappa shape index (κ1) is 19.5. The van der Waals surface area contributed by atoms with Crippen LogP contribution in [0.4, 0.5) is 17.1 Å². The van der Waals surface area contributed by atoms with Crippen molar-refractivity contribution in [2.45, 2.75) is 6.92 Å². The highest BCUT2D eigenvalue weighted by atomic mass is 35.5. The Morgan fingerprint density at radius 2 is 1.82 bits per heavy atom. The van der Waals surface area contributed by atoms with Gasteiger partial charge in [0.2, 0.25) is 0 Å². The molecule has 0 bridgehead atoms. The number of pyridine rings is 1. The van der Waals surface area contributed by atoms with E-state index < -0.39 is 0 Å². The summed E-state index contributed by atoms with van der Waals surface area (Å²) < 4.78 is 10.6. The molecule has 1 aromatic heterocycles. The first-order chi connectivity index (χ1) is 13.5. The third kappa shape index (κ3) is 4.53. The molecule has 2 N–H and O–H groups in total. The van der Waals surface area contributed by atoms with Gasteiger partial charge in [-0.1, -0.05) is 11.6 Å². The number of methoxy groups -OCH3 is 2. The first-order valence-electron chi connectivity index (χ1n) is 8.53. The molecule has 3 rings (SSSR count). The van der Waals surface area contributed by atoms with Gasteiger partial charge in [0, 0.05) is 16.8 Å². The summed E-state index contributed by atoms with van der Waals surface area (Å²) in [4.78, 5) is 16.7. The van der Waals surface area contributed by atoms with Crippen molar-refractivity contribution in [3.05, 3.63) is 71.0 Å². The van der Waals surface area contributed by atoms with Crippen molar-refractivity contribution in [3.63, 3.8) is 0 Å². The van der Waals surface area contributed by atoms with E-state index in [1.807, 2.05) is 25.1 Å². The van der Waals surface area contributed by atoms with Gasteiger partial charge in [-0.25, -0.2) is 4.98 Å². The third-order valence-electron chi connectivity index (χ3n) is 4.12. The number of hydrogen-bond donors (Lipinski definition) is 2. The van der Waals surface area contributed by atoms with Crippen molar-refractivity contribution in [3.8, 4) is 11.5 Å². The number of halogens is 1. The smallest absolute Gasteiger partial charge is 0.274 e. The summed E-state index contributed by atoms with van der Waals surface area (Å²) in [6.07, 6.45) is 1.59. The number of amides is 1. The molecule has 6 nitrogen and oxygen atoms in total. The minimum Gasteiger partial charge on any atom is -0.497 e. The molecule has 1 heterocycles.